The van der Waals surface area contributed by atoms with E-state index >= 15 is 0 Å². The Morgan fingerprint density at radius 3 is 2.61 bits per heavy atom. The van der Waals surface area contributed by atoms with E-state index in [1.807, 2.05) is 52.9 Å². The second-order valence-corrected chi connectivity index (χ2v) is 7.70. The summed E-state index contributed by atoms with van der Waals surface area (Å²) in [6.07, 6.45) is 1.57. The van der Waals surface area contributed by atoms with E-state index < -0.39 is 0 Å². The predicted molar refractivity (Wildman–Crippen MR) is 117 cm³/mol. The van der Waals surface area contributed by atoms with Gasteiger partial charge in [0, 0.05) is 0 Å². The number of carbonyl (C=O) groups excluding carboxylic acids is 1. The number of thioether (sulfide) groups is 1. The van der Waals surface area contributed by atoms with Crippen molar-refractivity contribution in [1.29, 1.82) is 0 Å². The zero-order valence-corrected chi connectivity index (χ0v) is 17.1. The minimum Gasteiger partial charge on any atom is -0.467 e. The van der Waals surface area contributed by atoms with Crippen molar-refractivity contribution < 1.29 is 9.21 Å². The Kier molecular flexibility index (Phi) is 5.01. The number of amides is 1. The summed E-state index contributed by atoms with van der Waals surface area (Å²) in [6, 6.07) is 20.2. The van der Waals surface area contributed by atoms with Gasteiger partial charge >= 0.3 is 0 Å². The van der Waals surface area contributed by atoms with Crippen molar-refractivity contribution >= 4 is 34.3 Å². The fourth-order valence-electron chi connectivity index (χ4n) is 3.36. The lowest BCUT2D eigenvalue weighted by Crippen LogP contribution is -2.24. The van der Waals surface area contributed by atoms with Gasteiger partial charge in [0.2, 0.25) is 11.7 Å². The number of aromatic nitrogens is 4. The Hall–Kier alpha value is -3.85. The van der Waals surface area contributed by atoms with Crippen LogP contribution in [0.1, 0.15) is 5.76 Å². The fourth-order valence-corrected chi connectivity index (χ4v) is 4.13. The number of furan rings is 1. The molecule has 0 saturated heterocycles. The maximum atomic E-state index is 13.2. The lowest BCUT2D eigenvalue weighted by Gasteiger charge is -2.11. The minimum absolute atomic E-state index is 0.153. The molecule has 0 fully saturated rings. The van der Waals surface area contributed by atoms with Crippen LogP contribution in [-0.2, 0) is 11.3 Å². The number of nitrogens with zero attached hydrogens (tertiary/aromatic N) is 4. The quantitative estimate of drug-likeness (QED) is 0.415. The summed E-state index contributed by atoms with van der Waals surface area (Å²) in [5.74, 6) is 1.08. The maximum Gasteiger partial charge on any atom is 0.267 e. The molecule has 3 heterocycles. The number of carbonyl (C=O) groups is 1. The van der Waals surface area contributed by atoms with Gasteiger partial charge in [0.15, 0.2) is 5.16 Å². The van der Waals surface area contributed by atoms with Crippen molar-refractivity contribution in [3.05, 3.63) is 89.1 Å². The molecule has 1 N–H and O–H groups in total. The van der Waals surface area contributed by atoms with Crippen LogP contribution in [0.5, 0.6) is 0 Å². The molecule has 154 valence electrons. The number of hydrogen-bond acceptors (Lipinski definition) is 6. The molecule has 0 aliphatic rings. The molecule has 1 amide bonds. The average Bonchev–Trinajstić information content (AvgIpc) is 3.47. The zero-order chi connectivity index (χ0) is 21.2. The molecule has 3 aromatic heterocycles. The first-order valence-corrected chi connectivity index (χ1v) is 10.6. The Balaban J connectivity index is 1.52. The van der Waals surface area contributed by atoms with E-state index in [0.717, 1.165) is 0 Å². The highest BCUT2D eigenvalue weighted by molar-refractivity contribution is 7.99. The Labute approximate surface area is 180 Å². The van der Waals surface area contributed by atoms with Crippen LogP contribution in [0, 0.1) is 0 Å². The van der Waals surface area contributed by atoms with Gasteiger partial charge in [-0.05, 0) is 36.4 Å². The normalized spacial score (nSPS) is 11.2. The highest BCUT2D eigenvalue weighted by Crippen LogP contribution is 2.23. The van der Waals surface area contributed by atoms with E-state index in [4.69, 9.17) is 4.42 Å². The fraction of sp³-hybridized carbons (Fsp3) is 0.0909. The third kappa shape index (κ3) is 3.59. The molecule has 9 heteroatoms. The van der Waals surface area contributed by atoms with E-state index in [9.17, 15) is 9.59 Å². The van der Waals surface area contributed by atoms with Crippen molar-refractivity contribution in [2.24, 2.45) is 0 Å². The molecule has 0 saturated carbocycles. The summed E-state index contributed by atoms with van der Waals surface area (Å²) in [4.78, 5) is 25.5. The minimum atomic E-state index is -0.172. The Morgan fingerprint density at radius 2 is 1.81 bits per heavy atom. The molecular weight excluding hydrogens is 414 g/mol. The van der Waals surface area contributed by atoms with Gasteiger partial charge in [-0.2, -0.15) is 0 Å². The molecule has 5 aromatic rings. The van der Waals surface area contributed by atoms with E-state index in [0.29, 0.717) is 39.8 Å². The summed E-state index contributed by atoms with van der Waals surface area (Å²) in [5.41, 5.74) is 1.22. The molecule has 8 nitrogen and oxygen atoms in total. The van der Waals surface area contributed by atoms with Gasteiger partial charge in [0.1, 0.15) is 5.76 Å². The van der Waals surface area contributed by atoms with Gasteiger partial charge in [-0.1, -0.05) is 42.1 Å². The summed E-state index contributed by atoms with van der Waals surface area (Å²) in [7, 11) is 0. The summed E-state index contributed by atoms with van der Waals surface area (Å²) >= 11 is 1.26. The molecule has 0 unspecified atom stereocenters. The molecule has 0 atom stereocenters. The molecule has 2 aromatic carbocycles. The Morgan fingerprint density at radius 1 is 1.00 bits per heavy atom. The van der Waals surface area contributed by atoms with Crippen molar-refractivity contribution in [2.75, 3.05) is 5.75 Å². The molecule has 5 rings (SSSR count). The van der Waals surface area contributed by atoms with Crippen molar-refractivity contribution in [3.8, 4) is 5.69 Å². The van der Waals surface area contributed by atoms with Crippen LogP contribution in [0.25, 0.3) is 22.4 Å². The van der Waals surface area contributed by atoms with Crippen LogP contribution in [-0.4, -0.2) is 30.8 Å². The third-order valence-electron chi connectivity index (χ3n) is 4.78. The van der Waals surface area contributed by atoms with Crippen LogP contribution in [0.2, 0.25) is 0 Å². The summed E-state index contributed by atoms with van der Waals surface area (Å²) < 4.78 is 8.58. The number of nitrogens with one attached hydrogen (secondary N) is 1. The molecule has 31 heavy (non-hydrogen) atoms. The number of benzene rings is 2. The number of rotatable bonds is 6. The molecule has 0 aliphatic carbocycles. The average molecular weight is 431 g/mol. The van der Waals surface area contributed by atoms with Crippen LogP contribution >= 0.6 is 11.8 Å². The lowest BCUT2D eigenvalue weighted by molar-refractivity contribution is -0.118. The third-order valence-corrected chi connectivity index (χ3v) is 5.71. The van der Waals surface area contributed by atoms with Crippen molar-refractivity contribution in [1.82, 2.24) is 24.5 Å². The van der Waals surface area contributed by atoms with Crippen LogP contribution in [0.3, 0.4) is 0 Å². The number of fused-ring (bicyclic) bond motifs is 3. The molecule has 0 spiro atoms. The second-order valence-electron chi connectivity index (χ2n) is 6.76. The topological polar surface area (TPSA) is 94.4 Å². The number of para-hydroxylation sites is 2. The lowest BCUT2D eigenvalue weighted by atomic mass is 10.2. The van der Waals surface area contributed by atoms with Crippen LogP contribution in [0.4, 0.5) is 0 Å². The second kappa shape index (κ2) is 8.11. The first-order chi connectivity index (χ1) is 15.2. The highest BCUT2D eigenvalue weighted by Gasteiger charge is 2.18. The molecule has 0 aliphatic heterocycles. The standard InChI is InChI=1S/C22H17N5O3S/c28-19(23-13-16-9-6-12-30-16)14-31-22-25-24-21-26(15-7-2-1-3-8-15)20(29)17-10-4-5-11-18(17)27(21)22/h1-12H,13-14H2,(H,23,28). The molecular formula is C22H17N5O3S. The van der Waals surface area contributed by atoms with Crippen LogP contribution < -0.4 is 10.9 Å². The highest BCUT2D eigenvalue weighted by atomic mass is 32.2. The molecule has 0 bridgehead atoms. The SMILES string of the molecule is O=C(CSc1nnc2n(-c3ccccc3)c(=O)c3ccccc3n12)NCc1ccco1. The van der Waals surface area contributed by atoms with Crippen LogP contribution in [0.15, 0.2) is 87.4 Å². The predicted octanol–water partition coefficient (Wildman–Crippen LogP) is 3.03. The van der Waals surface area contributed by atoms with Gasteiger partial charge in [-0.3, -0.25) is 14.0 Å². The summed E-state index contributed by atoms with van der Waals surface area (Å²) in [5, 5.41) is 12.4. The van der Waals surface area contributed by atoms with Gasteiger partial charge in [0.25, 0.3) is 5.56 Å². The van der Waals surface area contributed by atoms with E-state index in [2.05, 4.69) is 15.5 Å². The van der Waals surface area contributed by atoms with Crippen molar-refractivity contribution in [3.63, 3.8) is 0 Å². The van der Waals surface area contributed by atoms with Crippen molar-refractivity contribution in [2.45, 2.75) is 11.7 Å². The Bertz CT molecular complexity index is 1420. The maximum absolute atomic E-state index is 13.2. The summed E-state index contributed by atoms with van der Waals surface area (Å²) in [6.45, 7) is 0.323. The van der Waals surface area contributed by atoms with Gasteiger partial charge in [0.05, 0.1) is 35.2 Å². The van der Waals surface area contributed by atoms with Gasteiger partial charge < -0.3 is 9.73 Å². The largest absolute Gasteiger partial charge is 0.467 e. The van der Waals surface area contributed by atoms with E-state index in [1.165, 1.54) is 16.3 Å². The van der Waals surface area contributed by atoms with E-state index in [-0.39, 0.29) is 17.2 Å². The zero-order valence-electron chi connectivity index (χ0n) is 16.3. The van der Waals surface area contributed by atoms with E-state index in [1.54, 1.807) is 24.5 Å². The first kappa shape index (κ1) is 19.1. The van der Waals surface area contributed by atoms with Gasteiger partial charge in [-0.15, -0.1) is 10.2 Å². The number of hydrogen-bond donors (Lipinski definition) is 1. The first-order valence-electron chi connectivity index (χ1n) is 9.58. The smallest absolute Gasteiger partial charge is 0.267 e. The van der Waals surface area contributed by atoms with Gasteiger partial charge in [-0.25, -0.2) is 4.57 Å². The molecule has 0 radical (unpaired) electrons. The monoisotopic (exact) mass is 431 g/mol.